The van der Waals surface area contributed by atoms with Gasteiger partial charge in [0.25, 0.3) is 5.91 Å². The predicted octanol–water partition coefficient (Wildman–Crippen LogP) is 5.18. The number of nitrogens with zero attached hydrogens (tertiary/aromatic N) is 3. The van der Waals surface area contributed by atoms with Gasteiger partial charge in [0.15, 0.2) is 18.1 Å². The van der Waals surface area contributed by atoms with Gasteiger partial charge in [0.1, 0.15) is 11.6 Å². The van der Waals surface area contributed by atoms with Crippen LogP contribution in [-0.4, -0.2) is 68.4 Å². The summed E-state index contributed by atoms with van der Waals surface area (Å²) in [7, 11) is 0. The number of amides is 1. The maximum absolute atomic E-state index is 14.2. The van der Waals surface area contributed by atoms with Gasteiger partial charge in [-0.3, -0.25) is 9.69 Å². The molecule has 2 saturated heterocycles. The lowest BCUT2D eigenvalue weighted by Gasteiger charge is -2.36. The van der Waals surface area contributed by atoms with Gasteiger partial charge in [-0.2, -0.15) is 0 Å². The molecule has 8 heteroatoms. The maximum Gasteiger partial charge on any atom is 0.260 e. The van der Waals surface area contributed by atoms with E-state index >= 15 is 0 Å². The average Bonchev–Trinajstić information content (AvgIpc) is 3.45. The third kappa shape index (κ3) is 5.87. The molecule has 3 aliphatic heterocycles. The summed E-state index contributed by atoms with van der Waals surface area (Å²) in [5.74, 6) is 2.64. The third-order valence-electron chi connectivity index (χ3n) is 8.08. The Bertz CT molecular complexity index is 1360. The van der Waals surface area contributed by atoms with E-state index in [1.807, 2.05) is 46.2 Å². The smallest absolute Gasteiger partial charge is 0.260 e. The van der Waals surface area contributed by atoms with E-state index in [2.05, 4.69) is 17.9 Å². The summed E-state index contributed by atoms with van der Waals surface area (Å²) in [6, 6.07) is 19.0. The number of carbonyl (C=O) groups is 1. The van der Waals surface area contributed by atoms with Crippen LogP contribution in [0.3, 0.4) is 0 Å². The molecule has 0 aromatic heterocycles. The minimum atomic E-state index is -0.231. The van der Waals surface area contributed by atoms with E-state index in [0.29, 0.717) is 37.8 Å². The van der Waals surface area contributed by atoms with Crippen LogP contribution in [-0.2, 0) is 11.3 Å². The van der Waals surface area contributed by atoms with Crippen molar-refractivity contribution in [3.63, 3.8) is 0 Å². The van der Waals surface area contributed by atoms with E-state index < -0.39 is 0 Å². The second-order valence-electron chi connectivity index (χ2n) is 11.0. The normalized spacial score (nSPS) is 19.1. The van der Waals surface area contributed by atoms with Crippen molar-refractivity contribution < 1.29 is 23.4 Å². The van der Waals surface area contributed by atoms with E-state index in [0.717, 1.165) is 53.6 Å². The lowest BCUT2D eigenvalue weighted by atomic mass is 9.98. The quantitative estimate of drug-likeness (QED) is 0.408. The fourth-order valence-corrected chi connectivity index (χ4v) is 5.91. The number of rotatable bonds is 7. The van der Waals surface area contributed by atoms with Gasteiger partial charge in [-0.15, -0.1) is 0 Å². The zero-order chi connectivity index (χ0) is 27.5. The summed E-state index contributed by atoms with van der Waals surface area (Å²) in [4.78, 5) is 19.4. The molecule has 1 atom stereocenters. The minimum Gasteiger partial charge on any atom is -0.483 e. The van der Waals surface area contributed by atoms with Gasteiger partial charge in [-0.05, 0) is 72.8 Å². The van der Waals surface area contributed by atoms with E-state index in [4.69, 9.17) is 14.2 Å². The molecule has 6 rings (SSSR count). The van der Waals surface area contributed by atoms with Crippen LogP contribution >= 0.6 is 0 Å². The molecule has 1 unspecified atom stereocenters. The van der Waals surface area contributed by atoms with Crippen molar-refractivity contribution in [3.05, 3.63) is 72.0 Å². The van der Waals surface area contributed by atoms with Gasteiger partial charge in [-0.25, -0.2) is 4.39 Å². The van der Waals surface area contributed by atoms with E-state index in [9.17, 15) is 9.18 Å². The number of hydrogen-bond donors (Lipinski definition) is 0. The Kier molecular flexibility index (Phi) is 7.77. The van der Waals surface area contributed by atoms with Gasteiger partial charge in [-0.1, -0.05) is 31.2 Å². The van der Waals surface area contributed by atoms with Crippen molar-refractivity contribution >= 4 is 11.6 Å². The predicted molar refractivity (Wildman–Crippen MR) is 152 cm³/mol. The highest BCUT2D eigenvalue weighted by atomic mass is 19.1. The van der Waals surface area contributed by atoms with Crippen LogP contribution in [0.25, 0.3) is 11.1 Å². The number of likely N-dealkylation sites (tertiary alicyclic amines) is 1. The van der Waals surface area contributed by atoms with Crippen LogP contribution < -0.4 is 19.1 Å². The Balaban J connectivity index is 1.14. The molecule has 2 fully saturated rings. The van der Waals surface area contributed by atoms with Crippen LogP contribution in [0, 0.1) is 11.7 Å². The summed E-state index contributed by atoms with van der Waals surface area (Å²) in [6.45, 7) is 7.68. The Morgan fingerprint density at radius 2 is 1.73 bits per heavy atom. The molecule has 3 heterocycles. The molecule has 3 aromatic carbocycles. The number of halogens is 1. The molecule has 0 spiro atoms. The average molecular weight is 546 g/mol. The molecule has 7 nitrogen and oxygen atoms in total. The van der Waals surface area contributed by atoms with Gasteiger partial charge in [0.05, 0.1) is 5.69 Å². The van der Waals surface area contributed by atoms with Gasteiger partial charge < -0.3 is 24.0 Å². The van der Waals surface area contributed by atoms with Crippen LogP contribution in [0.15, 0.2) is 60.7 Å². The fourth-order valence-electron chi connectivity index (χ4n) is 5.91. The molecular weight excluding hydrogens is 509 g/mol. The van der Waals surface area contributed by atoms with Crippen LogP contribution in [0.1, 0.15) is 25.3 Å². The lowest BCUT2D eigenvalue weighted by Crippen LogP contribution is -2.50. The first-order valence-electron chi connectivity index (χ1n) is 14.2. The zero-order valence-corrected chi connectivity index (χ0v) is 23.0. The molecule has 0 radical (unpaired) electrons. The van der Waals surface area contributed by atoms with Gasteiger partial charge in [0, 0.05) is 44.8 Å². The summed E-state index contributed by atoms with van der Waals surface area (Å²) in [5.41, 5.74) is 3.78. The number of fused-ring (bicyclic) bond motifs is 1. The standard InChI is InChI=1S/C32H36FN3O4/c1-23-5-4-12-34(19-23)20-26-17-24(25-9-11-30-31(18-25)40-22-39-30)8-10-29(26)38-21-32(37)36-15-13-35(14-16-36)28-7-3-2-6-27(28)33/h2-3,6-11,17-18,23H,4-5,12-16,19-22H2,1H3. The van der Waals surface area contributed by atoms with E-state index in [-0.39, 0.29) is 25.1 Å². The molecule has 1 amide bonds. The topological polar surface area (TPSA) is 54.5 Å². The largest absolute Gasteiger partial charge is 0.483 e. The molecular formula is C32H36FN3O4. The second kappa shape index (κ2) is 11.8. The Morgan fingerprint density at radius 1 is 0.950 bits per heavy atom. The summed E-state index contributed by atoms with van der Waals surface area (Å²) in [5, 5.41) is 0. The number of anilines is 1. The number of benzene rings is 3. The van der Waals surface area contributed by atoms with Crippen molar-refractivity contribution in [3.8, 4) is 28.4 Å². The molecule has 0 bridgehead atoms. The Hall–Kier alpha value is -3.78. The second-order valence-corrected chi connectivity index (χ2v) is 11.0. The first-order valence-corrected chi connectivity index (χ1v) is 14.2. The molecule has 0 saturated carbocycles. The van der Waals surface area contributed by atoms with E-state index in [1.165, 1.54) is 18.9 Å². The highest BCUT2D eigenvalue weighted by Crippen LogP contribution is 2.37. The van der Waals surface area contributed by atoms with Crippen molar-refractivity contribution in [1.82, 2.24) is 9.80 Å². The zero-order valence-electron chi connectivity index (χ0n) is 23.0. The molecule has 40 heavy (non-hydrogen) atoms. The third-order valence-corrected chi connectivity index (χ3v) is 8.08. The summed E-state index contributed by atoms with van der Waals surface area (Å²) in [6.07, 6.45) is 2.45. The van der Waals surface area contributed by atoms with E-state index in [1.54, 1.807) is 12.1 Å². The number of piperidine rings is 1. The first kappa shape index (κ1) is 26.4. The van der Waals surface area contributed by atoms with Crippen LogP contribution in [0.2, 0.25) is 0 Å². The molecule has 0 N–H and O–H groups in total. The minimum absolute atomic E-state index is 0.0214. The highest BCUT2D eigenvalue weighted by Gasteiger charge is 2.24. The number of ether oxygens (including phenoxy) is 3. The highest BCUT2D eigenvalue weighted by molar-refractivity contribution is 5.78. The molecule has 0 aliphatic carbocycles. The summed E-state index contributed by atoms with van der Waals surface area (Å²) >= 11 is 0. The SMILES string of the molecule is CC1CCCN(Cc2cc(-c3ccc4c(c3)OCO4)ccc2OCC(=O)N2CCN(c3ccccc3F)CC2)C1. The van der Waals surface area contributed by atoms with Gasteiger partial charge >= 0.3 is 0 Å². The van der Waals surface area contributed by atoms with Gasteiger partial charge in [0.2, 0.25) is 6.79 Å². The van der Waals surface area contributed by atoms with Crippen molar-refractivity contribution in [2.45, 2.75) is 26.3 Å². The molecule has 3 aliphatic rings. The number of hydrogen-bond acceptors (Lipinski definition) is 6. The first-order chi connectivity index (χ1) is 19.5. The number of piperazine rings is 1. The Morgan fingerprint density at radius 3 is 2.55 bits per heavy atom. The number of para-hydroxylation sites is 1. The molecule has 210 valence electrons. The fraction of sp³-hybridized carbons (Fsp3) is 0.406. The lowest BCUT2D eigenvalue weighted by molar-refractivity contribution is -0.133. The maximum atomic E-state index is 14.2. The van der Waals surface area contributed by atoms with Crippen molar-refractivity contribution in [2.75, 3.05) is 57.6 Å². The van der Waals surface area contributed by atoms with Crippen molar-refractivity contribution in [1.29, 1.82) is 0 Å². The summed E-state index contributed by atoms with van der Waals surface area (Å²) < 4.78 is 31.4. The van der Waals surface area contributed by atoms with Crippen LogP contribution in [0.5, 0.6) is 17.2 Å². The molecule has 3 aromatic rings. The monoisotopic (exact) mass is 545 g/mol. The number of carbonyl (C=O) groups excluding carboxylic acids is 1. The van der Waals surface area contributed by atoms with Crippen molar-refractivity contribution in [2.24, 2.45) is 5.92 Å². The Labute approximate surface area is 235 Å². The van der Waals surface area contributed by atoms with Crippen LogP contribution in [0.4, 0.5) is 10.1 Å².